The molecule has 0 bridgehead atoms. The van der Waals surface area contributed by atoms with Crippen LogP contribution in [0.5, 0.6) is 0 Å². The maximum Gasteiger partial charge on any atom is 0.291 e. The van der Waals surface area contributed by atoms with Gasteiger partial charge in [0.05, 0.1) is 28.7 Å². The lowest BCUT2D eigenvalue weighted by Crippen LogP contribution is -2.20. The van der Waals surface area contributed by atoms with E-state index in [-0.39, 0.29) is 17.6 Å². The van der Waals surface area contributed by atoms with E-state index >= 15 is 0 Å². The second-order valence-corrected chi connectivity index (χ2v) is 9.17. The van der Waals surface area contributed by atoms with Crippen LogP contribution >= 0.6 is 0 Å². The molecule has 0 aliphatic carbocycles. The number of furan rings is 1. The molecule has 5 rings (SSSR count). The summed E-state index contributed by atoms with van der Waals surface area (Å²) in [5.74, 6) is -0.412. The summed E-state index contributed by atoms with van der Waals surface area (Å²) in [4.78, 5) is 30.3. The van der Waals surface area contributed by atoms with Gasteiger partial charge in [-0.05, 0) is 60.9 Å². The Morgan fingerprint density at radius 3 is 2.38 bits per heavy atom. The summed E-state index contributed by atoms with van der Waals surface area (Å²) in [5.41, 5.74) is 8.95. The van der Waals surface area contributed by atoms with E-state index in [1.807, 2.05) is 61.5 Å². The number of carbonyl (C=O) groups excluding carboxylic acids is 2. The van der Waals surface area contributed by atoms with Crippen LogP contribution in [0.3, 0.4) is 0 Å². The normalized spacial score (nSPS) is 11.4. The van der Waals surface area contributed by atoms with Crippen LogP contribution in [-0.2, 0) is 6.42 Å². The molecule has 3 aromatic carbocycles. The molecular weight excluding hydrogens is 488 g/mol. The van der Waals surface area contributed by atoms with Crippen LogP contribution in [0.2, 0.25) is 0 Å². The molecule has 0 fully saturated rings. The summed E-state index contributed by atoms with van der Waals surface area (Å²) < 4.78 is 5.12. The van der Waals surface area contributed by atoms with Gasteiger partial charge in [-0.25, -0.2) is 10.4 Å². The van der Waals surface area contributed by atoms with Gasteiger partial charge in [0.1, 0.15) is 0 Å². The van der Waals surface area contributed by atoms with Crippen LogP contribution in [0, 0.1) is 0 Å². The number of fused-ring (bicyclic) bond motifs is 1. The van der Waals surface area contributed by atoms with Gasteiger partial charge in [-0.3, -0.25) is 9.59 Å². The van der Waals surface area contributed by atoms with Crippen molar-refractivity contribution in [2.75, 3.05) is 5.32 Å². The molecule has 0 spiro atoms. The van der Waals surface area contributed by atoms with Gasteiger partial charge >= 0.3 is 0 Å². The molecule has 7 nitrogen and oxygen atoms in total. The fraction of sp³-hybridized carbons (Fsp3) is 0.125. The highest BCUT2D eigenvalue weighted by atomic mass is 16.3. The Balaban J connectivity index is 1.34. The first-order chi connectivity index (χ1) is 19.0. The van der Waals surface area contributed by atoms with E-state index < -0.39 is 0 Å². The highest BCUT2D eigenvalue weighted by Crippen LogP contribution is 2.25. The van der Waals surface area contributed by atoms with Crippen LogP contribution in [0.15, 0.2) is 107 Å². The molecule has 0 aliphatic heterocycles. The van der Waals surface area contributed by atoms with Crippen LogP contribution in [0.4, 0.5) is 5.69 Å². The quantitative estimate of drug-likeness (QED) is 0.174. The number of hydrogen-bond acceptors (Lipinski definition) is 5. The number of aryl methyl sites for hydroxylation is 1. The van der Waals surface area contributed by atoms with Gasteiger partial charge in [0.25, 0.3) is 11.8 Å². The number of carbonyl (C=O) groups is 2. The average molecular weight is 517 g/mol. The maximum absolute atomic E-state index is 13.3. The number of para-hydroxylation sites is 1. The van der Waals surface area contributed by atoms with Gasteiger partial charge in [0.15, 0.2) is 5.76 Å². The monoisotopic (exact) mass is 516 g/mol. The lowest BCUT2D eigenvalue weighted by molar-refractivity contribution is 0.0955. The first-order valence-corrected chi connectivity index (χ1v) is 12.8. The number of rotatable bonds is 8. The zero-order chi connectivity index (χ0) is 27.2. The molecule has 0 radical (unpaired) electrons. The molecule has 0 saturated carbocycles. The summed E-state index contributed by atoms with van der Waals surface area (Å²) in [6.07, 6.45) is 3.56. The zero-order valence-electron chi connectivity index (χ0n) is 21.8. The van der Waals surface area contributed by atoms with Crippen molar-refractivity contribution in [1.29, 1.82) is 0 Å². The molecule has 2 N–H and O–H groups in total. The Bertz CT molecular complexity index is 1640. The van der Waals surface area contributed by atoms with Crippen molar-refractivity contribution in [3.05, 3.63) is 120 Å². The number of anilines is 1. The smallest absolute Gasteiger partial charge is 0.291 e. The van der Waals surface area contributed by atoms with E-state index in [9.17, 15) is 9.59 Å². The minimum Gasteiger partial charge on any atom is -0.459 e. The number of aromatic nitrogens is 1. The molecule has 194 valence electrons. The Labute approximate surface area is 226 Å². The van der Waals surface area contributed by atoms with Crippen molar-refractivity contribution in [3.63, 3.8) is 0 Å². The number of nitrogens with zero attached hydrogens (tertiary/aromatic N) is 2. The van der Waals surface area contributed by atoms with E-state index in [1.165, 1.54) is 11.8 Å². The number of benzene rings is 3. The van der Waals surface area contributed by atoms with E-state index in [0.29, 0.717) is 17.0 Å². The van der Waals surface area contributed by atoms with Crippen molar-refractivity contribution in [3.8, 4) is 11.3 Å². The topological polar surface area (TPSA) is 96.6 Å². The Morgan fingerprint density at radius 1 is 0.897 bits per heavy atom. The number of pyridine rings is 1. The third-order valence-corrected chi connectivity index (χ3v) is 6.38. The van der Waals surface area contributed by atoms with E-state index in [0.717, 1.165) is 40.6 Å². The molecule has 5 aromatic rings. The van der Waals surface area contributed by atoms with Crippen molar-refractivity contribution < 1.29 is 14.0 Å². The minimum absolute atomic E-state index is 0.236. The molecule has 2 amide bonds. The maximum atomic E-state index is 13.3. The van der Waals surface area contributed by atoms with E-state index in [1.54, 1.807) is 24.3 Å². The van der Waals surface area contributed by atoms with Gasteiger partial charge in [0.2, 0.25) is 0 Å². The fourth-order valence-corrected chi connectivity index (χ4v) is 4.30. The number of amides is 2. The highest BCUT2D eigenvalue weighted by Gasteiger charge is 2.14. The van der Waals surface area contributed by atoms with E-state index in [2.05, 4.69) is 34.9 Å². The molecule has 0 atom stereocenters. The number of nitrogens with one attached hydrogen (secondary N) is 2. The molecule has 0 saturated heterocycles. The van der Waals surface area contributed by atoms with Crippen LogP contribution in [0.25, 0.3) is 22.2 Å². The van der Waals surface area contributed by atoms with Gasteiger partial charge in [0, 0.05) is 16.6 Å². The standard InChI is InChI=1S/C32H28N4O3/c1-3-7-22-11-13-24(14-12-22)29-20-27(26-8-4-5-9-28(26)34-29)31(37)36-35-21(2)23-15-17-25(18-16-23)33-32(38)30-10-6-19-39-30/h4-6,8-20H,3,7H2,1-2H3,(H,33,38)(H,36,37). The molecule has 39 heavy (non-hydrogen) atoms. The molecule has 2 heterocycles. The highest BCUT2D eigenvalue weighted by molar-refractivity contribution is 6.08. The molecular formula is C32H28N4O3. The summed E-state index contributed by atoms with van der Waals surface area (Å²) in [6, 6.07) is 28.2. The predicted molar refractivity (Wildman–Crippen MR) is 154 cm³/mol. The van der Waals surface area contributed by atoms with E-state index in [4.69, 9.17) is 9.40 Å². The molecule has 7 heteroatoms. The third-order valence-electron chi connectivity index (χ3n) is 6.38. The zero-order valence-corrected chi connectivity index (χ0v) is 21.8. The van der Waals surface area contributed by atoms with Crippen molar-refractivity contribution in [2.45, 2.75) is 26.7 Å². The first kappa shape index (κ1) is 25.6. The van der Waals surface area contributed by atoms with Crippen LogP contribution < -0.4 is 10.7 Å². The second-order valence-electron chi connectivity index (χ2n) is 9.17. The average Bonchev–Trinajstić information content (AvgIpc) is 3.52. The second kappa shape index (κ2) is 11.6. The minimum atomic E-state index is -0.328. The SMILES string of the molecule is CCCc1ccc(-c2cc(C(=O)NN=C(C)c3ccc(NC(=O)c4ccco4)cc3)c3ccccc3n2)cc1. The van der Waals surface area contributed by atoms with Gasteiger partial charge in [-0.1, -0.05) is 67.9 Å². The van der Waals surface area contributed by atoms with Gasteiger partial charge in [-0.15, -0.1) is 0 Å². The third kappa shape index (κ3) is 5.93. The van der Waals surface area contributed by atoms with Crippen molar-refractivity contribution >= 4 is 34.1 Å². The Morgan fingerprint density at radius 2 is 1.67 bits per heavy atom. The first-order valence-electron chi connectivity index (χ1n) is 12.8. The lowest BCUT2D eigenvalue weighted by Gasteiger charge is -2.10. The van der Waals surface area contributed by atoms with Crippen molar-refractivity contribution in [2.24, 2.45) is 5.10 Å². The number of hydrazone groups is 1. The number of hydrogen-bond donors (Lipinski definition) is 2. The summed E-state index contributed by atoms with van der Waals surface area (Å²) in [6.45, 7) is 3.97. The Hall–Kier alpha value is -5.04. The molecule has 2 aromatic heterocycles. The fourth-order valence-electron chi connectivity index (χ4n) is 4.30. The summed E-state index contributed by atoms with van der Waals surface area (Å²) in [7, 11) is 0. The summed E-state index contributed by atoms with van der Waals surface area (Å²) in [5, 5.41) is 7.87. The molecule has 0 unspecified atom stereocenters. The largest absolute Gasteiger partial charge is 0.459 e. The van der Waals surface area contributed by atoms with Crippen molar-refractivity contribution in [1.82, 2.24) is 10.4 Å². The predicted octanol–water partition coefficient (Wildman–Crippen LogP) is 6.85. The lowest BCUT2D eigenvalue weighted by atomic mass is 10.0. The van der Waals surface area contributed by atoms with Crippen LogP contribution in [-0.4, -0.2) is 22.5 Å². The van der Waals surface area contributed by atoms with Gasteiger partial charge in [-0.2, -0.15) is 5.10 Å². The van der Waals surface area contributed by atoms with Gasteiger partial charge < -0.3 is 9.73 Å². The Kier molecular flexibility index (Phi) is 7.59. The summed E-state index contributed by atoms with van der Waals surface area (Å²) >= 11 is 0. The van der Waals surface area contributed by atoms with Crippen LogP contribution in [0.1, 0.15) is 52.3 Å². The molecule has 0 aliphatic rings.